The van der Waals surface area contributed by atoms with Crippen molar-refractivity contribution in [2.24, 2.45) is 12.8 Å². The van der Waals surface area contributed by atoms with Crippen LogP contribution in [0.25, 0.3) is 0 Å². The molecule has 3 heterocycles. The van der Waals surface area contributed by atoms with E-state index in [1.165, 1.54) is 16.9 Å². The molecule has 9 heteroatoms. The van der Waals surface area contributed by atoms with Gasteiger partial charge in [0.2, 0.25) is 11.8 Å². The first kappa shape index (κ1) is 24.0. The van der Waals surface area contributed by atoms with E-state index >= 15 is 0 Å². The Labute approximate surface area is 193 Å². The van der Waals surface area contributed by atoms with E-state index in [0.717, 1.165) is 39.9 Å². The lowest BCUT2D eigenvalue weighted by molar-refractivity contribution is -0.132. The van der Waals surface area contributed by atoms with E-state index in [4.69, 9.17) is 10.5 Å². The lowest BCUT2D eigenvalue weighted by Gasteiger charge is -2.27. The van der Waals surface area contributed by atoms with Gasteiger partial charge in [0, 0.05) is 68.7 Å². The molecule has 2 amide bonds. The fraction of sp³-hybridized carbons (Fsp3) is 0.522. The second-order valence-corrected chi connectivity index (χ2v) is 8.97. The van der Waals surface area contributed by atoms with Crippen LogP contribution in [0.15, 0.2) is 24.2 Å². The molecule has 3 rings (SSSR count). The molecule has 0 radical (unpaired) electrons. The number of nitrogens with one attached hydrogen (secondary N) is 1. The maximum atomic E-state index is 12.8. The predicted octanol–water partition coefficient (Wildman–Crippen LogP) is 3.12. The highest BCUT2D eigenvalue weighted by Gasteiger charge is 2.27. The van der Waals surface area contributed by atoms with E-state index in [0.29, 0.717) is 45.3 Å². The molecule has 3 N–H and O–H groups in total. The number of fused-ring (bicyclic) bond motifs is 1. The maximum absolute atomic E-state index is 12.8. The van der Waals surface area contributed by atoms with Crippen LogP contribution in [0.5, 0.6) is 0 Å². The van der Waals surface area contributed by atoms with E-state index in [-0.39, 0.29) is 11.8 Å². The molecule has 2 aromatic heterocycles. The van der Waals surface area contributed by atoms with Crippen LogP contribution < -0.4 is 11.1 Å². The third kappa shape index (κ3) is 5.77. The summed E-state index contributed by atoms with van der Waals surface area (Å²) in [6, 6.07) is 0. The zero-order valence-electron chi connectivity index (χ0n) is 19.1. The second-order valence-electron chi connectivity index (χ2n) is 7.87. The number of thiophene rings is 1. The Morgan fingerprint density at radius 2 is 2.16 bits per heavy atom. The molecule has 2 aromatic rings. The number of allylic oxidation sites excluding steroid dienone is 2. The molecule has 0 saturated heterocycles. The van der Waals surface area contributed by atoms with Crippen LogP contribution in [-0.2, 0) is 47.3 Å². The number of aryl methyl sites for hydroxylation is 2. The molecule has 32 heavy (non-hydrogen) atoms. The lowest BCUT2D eigenvalue weighted by Crippen LogP contribution is -2.35. The third-order valence-corrected chi connectivity index (χ3v) is 6.93. The van der Waals surface area contributed by atoms with E-state index in [2.05, 4.69) is 10.3 Å². The van der Waals surface area contributed by atoms with Crippen molar-refractivity contribution in [3.05, 3.63) is 46.1 Å². The van der Waals surface area contributed by atoms with Gasteiger partial charge in [0.15, 0.2) is 0 Å². The smallest absolute Gasteiger partial charge is 0.225 e. The number of amides is 2. The van der Waals surface area contributed by atoms with Crippen molar-refractivity contribution in [3.63, 3.8) is 0 Å². The lowest BCUT2D eigenvalue weighted by atomic mass is 10.0. The van der Waals surface area contributed by atoms with Crippen molar-refractivity contribution in [2.75, 3.05) is 19.0 Å². The second kappa shape index (κ2) is 11.3. The van der Waals surface area contributed by atoms with Gasteiger partial charge in [-0.15, -0.1) is 11.3 Å². The van der Waals surface area contributed by atoms with Gasteiger partial charge in [-0.25, -0.2) is 4.98 Å². The number of anilines is 1. The first-order chi connectivity index (χ1) is 15.5. The normalized spacial score (nSPS) is 13.8. The van der Waals surface area contributed by atoms with E-state index in [1.54, 1.807) is 13.3 Å². The van der Waals surface area contributed by atoms with Gasteiger partial charge in [0.25, 0.3) is 0 Å². The van der Waals surface area contributed by atoms with Crippen LogP contribution in [0.4, 0.5) is 5.00 Å². The average Bonchev–Trinajstić information content (AvgIpc) is 3.36. The summed E-state index contributed by atoms with van der Waals surface area (Å²) in [6.45, 7) is 3.64. The average molecular weight is 460 g/mol. The summed E-state index contributed by atoms with van der Waals surface area (Å²) >= 11 is 1.54. The fourth-order valence-corrected chi connectivity index (χ4v) is 5.26. The van der Waals surface area contributed by atoms with E-state index < -0.39 is 0 Å². The minimum atomic E-state index is -0.0552. The van der Waals surface area contributed by atoms with Crippen molar-refractivity contribution in [1.82, 2.24) is 14.5 Å². The van der Waals surface area contributed by atoms with Crippen molar-refractivity contribution < 1.29 is 14.3 Å². The summed E-state index contributed by atoms with van der Waals surface area (Å²) in [5.41, 5.74) is 8.20. The number of methoxy groups -OCH3 is 1. The van der Waals surface area contributed by atoms with Gasteiger partial charge in [-0.1, -0.05) is 6.92 Å². The van der Waals surface area contributed by atoms with Gasteiger partial charge in [-0.05, 0) is 24.5 Å². The molecular formula is C23H33N5O3S. The quantitative estimate of drug-likeness (QED) is 0.532. The number of carbonyl (C=O) groups excluding carboxylic acids is 2. The molecule has 0 aromatic carbocycles. The highest BCUT2D eigenvalue weighted by Crippen LogP contribution is 2.37. The molecular weight excluding hydrogens is 426 g/mol. The zero-order chi connectivity index (χ0) is 23.1. The van der Waals surface area contributed by atoms with Crippen LogP contribution in [0, 0.1) is 0 Å². The minimum absolute atomic E-state index is 0.0552. The summed E-state index contributed by atoms with van der Waals surface area (Å²) < 4.78 is 7.25. The highest BCUT2D eigenvalue weighted by molar-refractivity contribution is 7.16. The Kier molecular flexibility index (Phi) is 8.46. The molecule has 0 spiro atoms. The number of carbonyl (C=O) groups is 2. The summed E-state index contributed by atoms with van der Waals surface area (Å²) in [5, 5.41) is 3.85. The Bertz CT molecular complexity index is 978. The van der Waals surface area contributed by atoms with Gasteiger partial charge in [0.05, 0.1) is 24.4 Å². The van der Waals surface area contributed by atoms with Crippen LogP contribution in [0.2, 0.25) is 0 Å². The predicted molar refractivity (Wildman–Crippen MR) is 126 cm³/mol. The first-order valence-corrected chi connectivity index (χ1v) is 11.9. The van der Waals surface area contributed by atoms with Crippen LogP contribution in [-0.4, -0.2) is 39.9 Å². The number of imidazole rings is 1. The fourth-order valence-electron chi connectivity index (χ4n) is 3.95. The van der Waals surface area contributed by atoms with Gasteiger partial charge in [-0.2, -0.15) is 0 Å². The Balaban J connectivity index is 1.61. The van der Waals surface area contributed by atoms with Crippen molar-refractivity contribution >= 4 is 28.2 Å². The molecule has 174 valence electrons. The van der Waals surface area contributed by atoms with E-state index in [1.807, 2.05) is 35.7 Å². The van der Waals surface area contributed by atoms with Crippen LogP contribution >= 0.6 is 11.3 Å². The maximum Gasteiger partial charge on any atom is 0.225 e. The largest absolute Gasteiger partial charge is 0.501 e. The van der Waals surface area contributed by atoms with Gasteiger partial charge < -0.3 is 25.3 Å². The molecule has 0 fully saturated rings. The zero-order valence-corrected chi connectivity index (χ0v) is 20.0. The number of hydrogen-bond donors (Lipinski definition) is 2. The summed E-state index contributed by atoms with van der Waals surface area (Å²) in [4.78, 5) is 32.6. The molecule has 1 aliphatic heterocycles. The Morgan fingerprint density at radius 1 is 1.34 bits per heavy atom. The molecule has 1 aliphatic rings. The standard InChI is InChI=1S/C23H33N5O3S/c1-4-5-16(31-3)6-8-21(29)26-23-18(14-24)17-10-12-28(15-19(17)32-23)22(30)9-7-20-25-11-13-27(20)2/h5,11,13H,4,6-10,12,14-15,24H2,1-3H3,(H,26,29)/b16-5-. The minimum Gasteiger partial charge on any atom is -0.501 e. The van der Waals surface area contributed by atoms with Crippen molar-refractivity contribution in [2.45, 2.75) is 58.5 Å². The molecule has 0 saturated carbocycles. The van der Waals surface area contributed by atoms with Crippen LogP contribution in [0.1, 0.15) is 54.4 Å². The molecule has 8 nitrogen and oxygen atoms in total. The topological polar surface area (TPSA) is 102 Å². The highest BCUT2D eigenvalue weighted by atomic mass is 32.1. The van der Waals surface area contributed by atoms with Gasteiger partial charge in [0.1, 0.15) is 5.82 Å². The molecule has 0 bridgehead atoms. The Hall–Kier alpha value is -2.65. The SMILES string of the molecule is CC/C=C(/CCC(=O)Nc1sc2c(c1CN)CCN(C(=O)CCc1nccn1C)C2)OC. The summed E-state index contributed by atoms with van der Waals surface area (Å²) in [5.74, 6) is 1.81. The van der Waals surface area contributed by atoms with Crippen LogP contribution in [0.3, 0.4) is 0 Å². The third-order valence-electron chi connectivity index (χ3n) is 5.75. The molecule has 0 atom stereocenters. The number of nitrogens with zero attached hydrogens (tertiary/aromatic N) is 3. The Morgan fingerprint density at radius 3 is 2.81 bits per heavy atom. The van der Waals surface area contributed by atoms with E-state index in [9.17, 15) is 9.59 Å². The number of aromatic nitrogens is 2. The number of hydrogen-bond acceptors (Lipinski definition) is 6. The number of rotatable bonds is 10. The van der Waals surface area contributed by atoms with Crippen molar-refractivity contribution in [3.8, 4) is 0 Å². The van der Waals surface area contributed by atoms with Gasteiger partial charge >= 0.3 is 0 Å². The first-order valence-electron chi connectivity index (χ1n) is 11.1. The molecule has 0 unspecified atom stereocenters. The summed E-state index contributed by atoms with van der Waals surface area (Å²) in [7, 11) is 3.56. The monoisotopic (exact) mass is 459 g/mol. The number of ether oxygens (including phenoxy) is 1. The number of nitrogens with two attached hydrogens (primary N) is 1. The van der Waals surface area contributed by atoms with Gasteiger partial charge in [-0.3, -0.25) is 9.59 Å². The molecule has 0 aliphatic carbocycles. The van der Waals surface area contributed by atoms with Crippen molar-refractivity contribution in [1.29, 1.82) is 0 Å². The summed E-state index contributed by atoms with van der Waals surface area (Å²) in [6.07, 6.45) is 9.24.